The number of benzene rings is 9. The van der Waals surface area contributed by atoms with Crippen molar-refractivity contribution in [1.29, 1.82) is 0 Å². The highest BCUT2D eigenvalue weighted by atomic mass is 16.6. The highest BCUT2D eigenvalue weighted by Gasteiger charge is 2.48. The van der Waals surface area contributed by atoms with Gasteiger partial charge in [-0.2, -0.15) is 0 Å². The van der Waals surface area contributed by atoms with Gasteiger partial charge in [-0.05, 0) is 87.7 Å². The van der Waals surface area contributed by atoms with Gasteiger partial charge in [0.1, 0.15) is 11.3 Å². The molecule has 0 saturated heterocycles. The predicted molar refractivity (Wildman–Crippen MR) is 279 cm³/mol. The van der Waals surface area contributed by atoms with Crippen molar-refractivity contribution >= 4 is 16.5 Å². The molecule has 2 aliphatic carbocycles. The first-order valence-corrected chi connectivity index (χ1v) is 23.9. The number of fused-ring (bicyclic) bond motifs is 9. The van der Waals surface area contributed by atoms with Crippen LogP contribution in [0.4, 0.5) is 0 Å². The zero-order chi connectivity index (χ0) is 46.2. The number of para-hydroxylation sites is 1. The minimum absolute atomic E-state index is 0.527. The molecule has 0 N–H and O–H groups in total. The summed E-state index contributed by atoms with van der Waals surface area (Å²) in [5.74, 6) is 4.43. The van der Waals surface area contributed by atoms with Gasteiger partial charge in [0.25, 0.3) is 0 Å². The normalized spacial score (nSPS) is 13.7. The van der Waals surface area contributed by atoms with Crippen LogP contribution in [0, 0.1) is 0 Å². The van der Waals surface area contributed by atoms with Crippen LogP contribution in [0.25, 0.3) is 72.7 Å². The summed E-state index contributed by atoms with van der Waals surface area (Å²) >= 11 is 0. The molecule has 11 aromatic rings. The Bertz CT molecular complexity index is 3820. The standard InChI is InChI=1S/C65H42N2O3/c1-4-15-43(16-5-1)55-40-56(67-64(66-55)45-33-29-42(30-34-45)49-23-14-24-51-50-21-11-13-26-57(50)69-62(49)51)44-31-27-41(28-32-44)46-35-37-58-60(39-46)68-59-38-36-54-61(63(59)70-58)52-22-10-12-25-53(52)65(54,47-17-6-2-7-18-47)48-19-8-3-9-20-48/h1-13,15-23,25-40H,14,24H2. The summed E-state index contributed by atoms with van der Waals surface area (Å²) in [4.78, 5) is 10.3. The largest absolute Gasteiger partial charge is 0.456 e. The van der Waals surface area contributed by atoms with Crippen molar-refractivity contribution < 1.29 is 13.9 Å². The Morgan fingerprint density at radius 1 is 0.429 bits per heavy atom. The number of aromatic nitrogens is 2. The third kappa shape index (κ3) is 6.32. The summed E-state index contributed by atoms with van der Waals surface area (Å²) in [6, 6.07) is 78.7. The molecule has 0 saturated carbocycles. The van der Waals surface area contributed by atoms with E-state index in [2.05, 4.69) is 200 Å². The Morgan fingerprint density at radius 3 is 1.79 bits per heavy atom. The third-order valence-electron chi connectivity index (χ3n) is 14.4. The van der Waals surface area contributed by atoms with E-state index in [0.29, 0.717) is 23.1 Å². The van der Waals surface area contributed by atoms with Crippen LogP contribution >= 0.6 is 0 Å². The van der Waals surface area contributed by atoms with Crippen LogP contribution in [-0.2, 0) is 11.8 Å². The van der Waals surface area contributed by atoms with E-state index in [1.165, 1.54) is 33.2 Å². The maximum Gasteiger partial charge on any atom is 0.178 e. The average Bonchev–Trinajstić information content (AvgIpc) is 3.97. The first-order valence-electron chi connectivity index (χ1n) is 23.9. The summed E-state index contributed by atoms with van der Waals surface area (Å²) in [5, 5.41) is 1.20. The van der Waals surface area contributed by atoms with Crippen molar-refractivity contribution in [1.82, 2.24) is 9.97 Å². The van der Waals surface area contributed by atoms with Crippen molar-refractivity contribution in [3.05, 3.63) is 270 Å². The van der Waals surface area contributed by atoms with Crippen LogP contribution in [0.2, 0.25) is 0 Å². The molecule has 330 valence electrons. The summed E-state index contributed by atoms with van der Waals surface area (Å²) < 4.78 is 20.1. The maximum atomic E-state index is 6.92. The molecular formula is C65H42N2O3. The molecule has 0 bridgehead atoms. The summed E-state index contributed by atoms with van der Waals surface area (Å²) in [5.41, 5.74) is 17.7. The van der Waals surface area contributed by atoms with E-state index < -0.39 is 5.41 Å². The van der Waals surface area contributed by atoms with E-state index in [9.17, 15) is 0 Å². The van der Waals surface area contributed by atoms with Gasteiger partial charge in [-0.3, -0.25) is 0 Å². The molecule has 5 heteroatoms. The van der Waals surface area contributed by atoms with E-state index in [-0.39, 0.29) is 0 Å². The van der Waals surface area contributed by atoms with Gasteiger partial charge >= 0.3 is 0 Å². The van der Waals surface area contributed by atoms with E-state index in [1.807, 2.05) is 30.3 Å². The van der Waals surface area contributed by atoms with Gasteiger partial charge in [-0.15, -0.1) is 0 Å². The van der Waals surface area contributed by atoms with E-state index in [0.717, 1.165) is 91.4 Å². The molecule has 0 unspecified atom stereocenters. The van der Waals surface area contributed by atoms with Gasteiger partial charge in [-0.25, -0.2) is 9.97 Å². The van der Waals surface area contributed by atoms with Crippen molar-refractivity contribution in [2.45, 2.75) is 18.3 Å². The molecule has 9 aromatic carbocycles. The minimum Gasteiger partial charge on any atom is -0.456 e. The van der Waals surface area contributed by atoms with Crippen molar-refractivity contribution in [2.75, 3.05) is 0 Å². The summed E-state index contributed by atoms with van der Waals surface area (Å²) in [6.07, 6.45) is 4.25. The second-order valence-electron chi connectivity index (χ2n) is 18.3. The molecule has 0 amide bonds. The lowest BCUT2D eigenvalue weighted by molar-refractivity contribution is 0.360. The van der Waals surface area contributed by atoms with E-state index >= 15 is 0 Å². The van der Waals surface area contributed by atoms with Crippen LogP contribution in [-0.4, -0.2) is 9.97 Å². The second-order valence-corrected chi connectivity index (χ2v) is 18.3. The minimum atomic E-state index is -0.527. The molecule has 0 atom stereocenters. The van der Waals surface area contributed by atoms with E-state index in [1.54, 1.807) is 0 Å². The van der Waals surface area contributed by atoms with Gasteiger partial charge in [0, 0.05) is 38.8 Å². The zero-order valence-corrected chi connectivity index (χ0v) is 38.0. The SMILES string of the molecule is C1=C(c2ccc(-c3nc(-c4ccccc4)cc(-c4ccc(-c5ccc6c(c5)Oc5ccc7c(c5O6)-c5ccccc5C7(c5ccccc5)c5ccccc5)cc4)n3)cc2)c2oc3ccccc3c2CC1. The van der Waals surface area contributed by atoms with Gasteiger partial charge in [0.05, 0.1) is 16.8 Å². The highest BCUT2D eigenvalue weighted by molar-refractivity contribution is 5.93. The number of aryl methyl sites for hydroxylation is 1. The van der Waals surface area contributed by atoms with Crippen LogP contribution in [0.3, 0.4) is 0 Å². The molecule has 70 heavy (non-hydrogen) atoms. The first kappa shape index (κ1) is 40.0. The topological polar surface area (TPSA) is 57.4 Å². The number of furan rings is 1. The molecule has 3 heterocycles. The van der Waals surface area contributed by atoms with Gasteiger partial charge in [0.2, 0.25) is 0 Å². The third-order valence-corrected chi connectivity index (χ3v) is 14.4. The maximum absolute atomic E-state index is 6.92. The molecule has 2 aromatic heterocycles. The van der Waals surface area contributed by atoms with Crippen LogP contribution in [0.1, 0.15) is 45.6 Å². The Hall–Kier alpha value is -9.06. The molecule has 0 fully saturated rings. The fourth-order valence-electron chi connectivity index (χ4n) is 11.1. The van der Waals surface area contributed by atoms with Gasteiger partial charge in [0.15, 0.2) is 28.8 Å². The quantitative estimate of drug-likeness (QED) is 0.159. The van der Waals surface area contributed by atoms with Crippen molar-refractivity contribution in [3.8, 4) is 79.2 Å². The second kappa shape index (κ2) is 16.0. The summed E-state index contributed by atoms with van der Waals surface area (Å²) in [6.45, 7) is 0. The monoisotopic (exact) mass is 898 g/mol. The van der Waals surface area contributed by atoms with E-state index in [4.69, 9.17) is 23.9 Å². The molecule has 1 aliphatic heterocycles. The average molecular weight is 899 g/mol. The van der Waals surface area contributed by atoms with Crippen molar-refractivity contribution in [2.24, 2.45) is 0 Å². The molecule has 0 spiro atoms. The van der Waals surface area contributed by atoms with Gasteiger partial charge in [-0.1, -0.05) is 200 Å². The first-order chi connectivity index (χ1) is 34.7. The van der Waals surface area contributed by atoms with Crippen LogP contribution < -0.4 is 9.47 Å². The van der Waals surface area contributed by atoms with Gasteiger partial charge < -0.3 is 13.9 Å². The Labute approximate surface area is 405 Å². The lowest BCUT2D eigenvalue weighted by atomic mass is 9.68. The smallest absolute Gasteiger partial charge is 0.178 e. The lowest BCUT2D eigenvalue weighted by Crippen LogP contribution is -2.28. The number of nitrogens with zero attached hydrogens (tertiary/aromatic N) is 2. The Morgan fingerprint density at radius 2 is 1.03 bits per heavy atom. The number of allylic oxidation sites excluding steroid dienone is 1. The Kier molecular flexibility index (Phi) is 9.18. The molecular weight excluding hydrogens is 857 g/mol. The molecule has 14 rings (SSSR count). The van der Waals surface area contributed by atoms with Crippen LogP contribution in [0.5, 0.6) is 23.0 Å². The number of ether oxygens (including phenoxy) is 2. The molecule has 3 aliphatic rings. The molecule has 0 radical (unpaired) electrons. The number of hydrogen-bond acceptors (Lipinski definition) is 5. The van der Waals surface area contributed by atoms with Crippen molar-refractivity contribution in [3.63, 3.8) is 0 Å². The Balaban J connectivity index is 0.780. The van der Waals surface area contributed by atoms with Crippen LogP contribution in [0.15, 0.2) is 235 Å². The zero-order valence-electron chi connectivity index (χ0n) is 38.0. The highest BCUT2D eigenvalue weighted by Crippen LogP contribution is 2.62. The number of rotatable bonds is 7. The summed E-state index contributed by atoms with van der Waals surface area (Å²) in [7, 11) is 0. The fraction of sp³-hybridized carbons (Fsp3) is 0.0462. The fourth-order valence-corrected chi connectivity index (χ4v) is 11.1. The predicted octanol–water partition coefficient (Wildman–Crippen LogP) is 16.5. The number of hydrogen-bond donors (Lipinski definition) is 0. The lowest BCUT2D eigenvalue weighted by Gasteiger charge is -2.34. The molecule has 5 nitrogen and oxygen atoms in total.